The van der Waals surface area contributed by atoms with Crippen molar-refractivity contribution in [2.45, 2.75) is 26.8 Å². The molecule has 1 aromatic heterocycles. The largest absolute Gasteiger partial charge is 0.395 e. The fourth-order valence-corrected chi connectivity index (χ4v) is 2.49. The van der Waals surface area contributed by atoms with Gasteiger partial charge in [0.15, 0.2) is 0 Å². The molecule has 0 aliphatic carbocycles. The van der Waals surface area contributed by atoms with Crippen LogP contribution in [0.25, 0.3) is 10.8 Å². The van der Waals surface area contributed by atoms with Crippen molar-refractivity contribution < 1.29 is 9.90 Å². The Bertz CT molecular complexity index is 718. The van der Waals surface area contributed by atoms with Gasteiger partial charge in [0.2, 0.25) is 5.91 Å². The molecule has 1 aromatic carbocycles. The zero-order chi connectivity index (χ0) is 16.1. The van der Waals surface area contributed by atoms with Crippen LogP contribution in [0.1, 0.15) is 19.0 Å². The summed E-state index contributed by atoms with van der Waals surface area (Å²) in [7, 11) is 0. The van der Waals surface area contributed by atoms with Gasteiger partial charge in [-0.15, -0.1) is 0 Å². The molecule has 0 fully saturated rings. The number of nitrogens with zero attached hydrogens (tertiary/aromatic N) is 3. The minimum atomic E-state index is -0.269. The summed E-state index contributed by atoms with van der Waals surface area (Å²) in [6.07, 6.45) is 0.796. The average molecular weight is 303 g/mol. The molecular weight excluding hydrogens is 282 g/mol. The van der Waals surface area contributed by atoms with E-state index in [-0.39, 0.29) is 31.2 Å². The molecule has 1 amide bonds. The maximum atomic E-state index is 12.4. The molecule has 0 unspecified atom stereocenters. The van der Waals surface area contributed by atoms with Crippen molar-refractivity contribution in [1.29, 1.82) is 0 Å². The lowest BCUT2D eigenvalue weighted by Crippen LogP contribution is -2.39. The summed E-state index contributed by atoms with van der Waals surface area (Å²) < 4.78 is 1.21. The lowest BCUT2D eigenvalue weighted by molar-refractivity contribution is -0.132. The zero-order valence-corrected chi connectivity index (χ0v) is 13.0. The fourth-order valence-electron chi connectivity index (χ4n) is 2.49. The number of aliphatic hydroxyl groups excluding tert-OH is 1. The first kappa shape index (κ1) is 16.2. The first-order chi connectivity index (χ1) is 10.6. The summed E-state index contributed by atoms with van der Waals surface area (Å²) in [6.45, 7) is 4.41. The Labute approximate surface area is 129 Å². The van der Waals surface area contributed by atoms with E-state index in [2.05, 4.69) is 5.10 Å². The maximum Gasteiger partial charge on any atom is 0.275 e. The van der Waals surface area contributed by atoms with E-state index in [1.807, 2.05) is 26.0 Å². The second-order valence-corrected chi connectivity index (χ2v) is 5.20. The Hall–Kier alpha value is -2.21. The number of amides is 1. The molecule has 0 aliphatic rings. The molecule has 1 heterocycles. The Kier molecular flexibility index (Phi) is 5.27. The quantitative estimate of drug-likeness (QED) is 0.861. The SMILES string of the molecule is CCCN(CCO)C(=O)Cn1nc(C)c2ccccc2c1=O. The third-order valence-electron chi connectivity index (χ3n) is 3.55. The number of aryl methyl sites for hydroxylation is 1. The number of fused-ring (bicyclic) bond motifs is 1. The average Bonchev–Trinajstić information content (AvgIpc) is 2.52. The van der Waals surface area contributed by atoms with E-state index in [0.717, 1.165) is 11.8 Å². The summed E-state index contributed by atoms with van der Waals surface area (Å²) in [4.78, 5) is 26.3. The molecule has 0 saturated carbocycles. The summed E-state index contributed by atoms with van der Waals surface area (Å²) in [5.74, 6) is -0.208. The lowest BCUT2D eigenvalue weighted by Gasteiger charge is -2.21. The van der Waals surface area contributed by atoms with E-state index in [9.17, 15) is 9.59 Å². The summed E-state index contributed by atoms with van der Waals surface area (Å²) in [6, 6.07) is 7.24. The summed E-state index contributed by atoms with van der Waals surface area (Å²) >= 11 is 0. The number of carbonyl (C=O) groups excluding carboxylic acids is 1. The van der Waals surface area contributed by atoms with Crippen LogP contribution < -0.4 is 5.56 Å². The molecule has 0 spiro atoms. The molecule has 0 aliphatic heterocycles. The van der Waals surface area contributed by atoms with E-state index in [4.69, 9.17) is 5.11 Å². The number of aromatic nitrogens is 2. The molecule has 2 aromatic rings. The van der Waals surface area contributed by atoms with Gasteiger partial charge in [-0.25, -0.2) is 4.68 Å². The summed E-state index contributed by atoms with van der Waals surface area (Å²) in [5, 5.41) is 14.6. The zero-order valence-electron chi connectivity index (χ0n) is 13.0. The lowest BCUT2D eigenvalue weighted by atomic mass is 10.1. The van der Waals surface area contributed by atoms with Crippen LogP contribution in [-0.4, -0.2) is 45.4 Å². The third-order valence-corrected chi connectivity index (χ3v) is 3.55. The predicted octanol–water partition coefficient (Wildman–Crippen LogP) is 0.936. The number of benzene rings is 1. The van der Waals surface area contributed by atoms with Crippen LogP contribution in [0.2, 0.25) is 0 Å². The van der Waals surface area contributed by atoms with Crippen LogP contribution >= 0.6 is 0 Å². The molecule has 0 bridgehead atoms. The van der Waals surface area contributed by atoms with Crippen LogP contribution in [0.4, 0.5) is 0 Å². The van der Waals surface area contributed by atoms with Crippen molar-refractivity contribution in [2.75, 3.05) is 19.7 Å². The second-order valence-electron chi connectivity index (χ2n) is 5.20. The molecule has 6 nitrogen and oxygen atoms in total. The van der Waals surface area contributed by atoms with E-state index >= 15 is 0 Å². The van der Waals surface area contributed by atoms with Gasteiger partial charge >= 0.3 is 0 Å². The molecule has 2 rings (SSSR count). The number of hydrogen-bond donors (Lipinski definition) is 1. The number of aliphatic hydroxyl groups is 1. The van der Waals surface area contributed by atoms with Gasteiger partial charge in [-0.1, -0.05) is 25.1 Å². The highest BCUT2D eigenvalue weighted by molar-refractivity contribution is 5.83. The number of hydrogen-bond acceptors (Lipinski definition) is 4. The van der Waals surface area contributed by atoms with E-state index < -0.39 is 0 Å². The van der Waals surface area contributed by atoms with Crippen LogP contribution in [0.5, 0.6) is 0 Å². The Morgan fingerprint density at radius 3 is 2.59 bits per heavy atom. The Balaban J connectivity index is 2.33. The smallest absolute Gasteiger partial charge is 0.275 e. The highest BCUT2D eigenvalue weighted by Gasteiger charge is 2.15. The topological polar surface area (TPSA) is 75.4 Å². The van der Waals surface area contributed by atoms with Crippen LogP contribution in [-0.2, 0) is 11.3 Å². The standard InChI is InChI=1S/C16H21N3O3/c1-3-8-18(9-10-20)15(21)11-19-16(22)14-7-5-4-6-13(14)12(2)17-19/h4-7,20H,3,8-11H2,1-2H3. The van der Waals surface area contributed by atoms with Gasteiger partial charge in [-0.05, 0) is 19.4 Å². The van der Waals surface area contributed by atoms with E-state index in [1.165, 1.54) is 4.68 Å². The van der Waals surface area contributed by atoms with Crippen molar-refractivity contribution in [3.8, 4) is 0 Å². The maximum absolute atomic E-state index is 12.4. The molecule has 118 valence electrons. The normalized spacial score (nSPS) is 10.9. The first-order valence-electron chi connectivity index (χ1n) is 7.43. The van der Waals surface area contributed by atoms with Crippen molar-refractivity contribution in [3.63, 3.8) is 0 Å². The monoisotopic (exact) mass is 303 g/mol. The van der Waals surface area contributed by atoms with E-state index in [0.29, 0.717) is 17.6 Å². The van der Waals surface area contributed by atoms with Crippen LogP contribution in [0, 0.1) is 6.92 Å². The number of carbonyl (C=O) groups is 1. The molecule has 6 heteroatoms. The molecule has 0 atom stereocenters. The van der Waals surface area contributed by atoms with Crippen LogP contribution in [0.15, 0.2) is 29.1 Å². The molecule has 1 N–H and O–H groups in total. The number of rotatable bonds is 6. The minimum Gasteiger partial charge on any atom is -0.395 e. The molecule has 0 radical (unpaired) electrons. The fraction of sp³-hybridized carbons (Fsp3) is 0.438. The van der Waals surface area contributed by atoms with Gasteiger partial charge in [0.25, 0.3) is 5.56 Å². The Morgan fingerprint density at radius 1 is 1.27 bits per heavy atom. The first-order valence-corrected chi connectivity index (χ1v) is 7.43. The third kappa shape index (κ3) is 3.33. The molecule has 22 heavy (non-hydrogen) atoms. The van der Waals surface area contributed by atoms with Gasteiger partial charge in [0.1, 0.15) is 6.54 Å². The van der Waals surface area contributed by atoms with Gasteiger partial charge < -0.3 is 10.0 Å². The highest BCUT2D eigenvalue weighted by Crippen LogP contribution is 2.11. The summed E-state index contributed by atoms with van der Waals surface area (Å²) in [5.41, 5.74) is 0.446. The van der Waals surface area contributed by atoms with E-state index in [1.54, 1.807) is 17.0 Å². The minimum absolute atomic E-state index is 0.0924. The van der Waals surface area contributed by atoms with Gasteiger partial charge in [-0.2, -0.15) is 5.10 Å². The van der Waals surface area contributed by atoms with Crippen LogP contribution in [0.3, 0.4) is 0 Å². The van der Waals surface area contributed by atoms with Crippen molar-refractivity contribution in [2.24, 2.45) is 0 Å². The van der Waals surface area contributed by atoms with Crippen molar-refractivity contribution in [1.82, 2.24) is 14.7 Å². The van der Waals surface area contributed by atoms with Gasteiger partial charge in [0.05, 0.1) is 17.7 Å². The van der Waals surface area contributed by atoms with Gasteiger partial charge in [0, 0.05) is 18.5 Å². The van der Waals surface area contributed by atoms with Crippen molar-refractivity contribution >= 4 is 16.7 Å². The molecule has 0 saturated heterocycles. The predicted molar refractivity (Wildman–Crippen MR) is 84.7 cm³/mol. The van der Waals surface area contributed by atoms with Gasteiger partial charge in [-0.3, -0.25) is 9.59 Å². The second kappa shape index (κ2) is 7.17. The van der Waals surface area contributed by atoms with Crippen molar-refractivity contribution in [3.05, 3.63) is 40.3 Å². The molecular formula is C16H21N3O3. The highest BCUT2D eigenvalue weighted by atomic mass is 16.3. The Morgan fingerprint density at radius 2 is 1.95 bits per heavy atom.